The zero-order valence-corrected chi connectivity index (χ0v) is 16.5. The monoisotopic (exact) mass is 374 g/mol. The van der Waals surface area contributed by atoms with Gasteiger partial charge in [-0.3, -0.25) is 4.79 Å². The van der Waals surface area contributed by atoms with Crippen molar-refractivity contribution in [1.29, 1.82) is 0 Å². The lowest BCUT2D eigenvalue weighted by Crippen LogP contribution is -2.49. The maximum absolute atomic E-state index is 13.6. The number of benzene rings is 2. The molecule has 0 bridgehead atoms. The Morgan fingerprint density at radius 2 is 1.82 bits per heavy atom. The number of rotatable bonds is 4. The van der Waals surface area contributed by atoms with Crippen molar-refractivity contribution in [1.82, 2.24) is 19.4 Å². The average molecular weight is 374 g/mol. The third-order valence-electron chi connectivity index (χ3n) is 5.54. The van der Waals surface area contributed by atoms with Crippen molar-refractivity contribution >= 4 is 5.91 Å². The van der Waals surface area contributed by atoms with E-state index in [0.29, 0.717) is 6.54 Å². The molecule has 1 amide bonds. The third-order valence-corrected chi connectivity index (χ3v) is 5.54. The van der Waals surface area contributed by atoms with Crippen LogP contribution in [-0.2, 0) is 6.54 Å². The summed E-state index contributed by atoms with van der Waals surface area (Å²) in [7, 11) is 2.12. The smallest absolute Gasteiger partial charge is 0.254 e. The first kappa shape index (κ1) is 18.4. The molecule has 0 spiro atoms. The number of hydrogen-bond donors (Lipinski definition) is 0. The van der Waals surface area contributed by atoms with Crippen molar-refractivity contribution in [2.75, 3.05) is 26.7 Å². The second kappa shape index (κ2) is 7.98. The Bertz CT molecular complexity index is 950. The lowest BCUT2D eigenvalue weighted by atomic mass is 9.99. The van der Waals surface area contributed by atoms with E-state index in [0.717, 1.165) is 36.6 Å². The summed E-state index contributed by atoms with van der Waals surface area (Å²) in [6.07, 6.45) is 3.75. The average Bonchev–Trinajstić information content (AvgIpc) is 3.13. The van der Waals surface area contributed by atoms with Gasteiger partial charge in [0.1, 0.15) is 5.82 Å². The maximum atomic E-state index is 13.6. The minimum atomic E-state index is 0.0653. The first-order valence-corrected chi connectivity index (χ1v) is 9.73. The van der Waals surface area contributed by atoms with Crippen molar-refractivity contribution in [2.24, 2.45) is 0 Å². The Morgan fingerprint density at radius 3 is 2.57 bits per heavy atom. The van der Waals surface area contributed by atoms with Gasteiger partial charge in [0.2, 0.25) is 0 Å². The fraction of sp³-hybridized carbons (Fsp3) is 0.304. The summed E-state index contributed by atoms with van der Waals surface area (Å²) in [5.74, 6) is 1.05. The summed E-state index contributed by atoms with van der Waals surface area (Å²) in [6.45, 7) is 5.09. The number of aromatic nitrogens is 2. The molecule has 1 aliphatic heterocycles. The van der Waals surface area contributed by atoms with E-state index in [2.05, 4.69) is 33.6 Å². The van der Waals surface area contributed by atoms with E-state index >= 15 is 0 Å². The highest BCUT2D eigenvalue weighted by Crippen LogP contribution is 2.27. The quantitative estimate of drug-likeness (QED) is 0.703. The second-order valence-corrected chi connectivity index (χ2v) is 7.45. The van der Waals surface area contributed by atoms with E-state index in [4.69, 9.17) is 0 Å². The number of amides is 1. The molecular formula is C23H26N4O. The van der Waals surface area contributed by atoms with Gasteiger partial charge in [-0.05, 0) is 31.2 Å². The number of carbonyl (C=O) groups excluding carboxylic acids is 1. The number of imidazole rings is 1. The van der Waals surface area contributed by atoms with Crippen LogP contribution in [0.1, 0.15) is 33.4 Å². The molecule has 5 heteroatoms. The van der Waals surface area contributed by atoms with Crippen LogP contribution < -0.4 is 0 Å². The molecule has 0 radical (unpaired) electrons. The summed E-state index contributed by atoms with van der Waals surface area (Å²) in [5.41, 5.74) is 2.99. The number of aryl methyl sites for hydroxylation is 1. The SMILES string of the molecule is Cc1nccn1Cc1ccccc1C(=O)N1CCN(C)C[C@H]1c1ccccc1. The van der Waals surface area contributed by atoms with Gasteiger partial charge in [0, 0.05) is 44.1 Å². The van der Waals surface area contributed by atoms with Gasteiger partial charge in [-0.15, -0.1) is 0 Å². The number of piperazine rings is 1. The Balaban J connectivity index is 1.65. The number of hydrogen-bond acceptors (Lipinski definition) is 3. The minimum Gasteiger partial charge on any atom is -0.331 e. The lowest BCUT2D eigenvalue weighted by Gasteiger charge is -2.40. The van der Waals surface area contributed by atoms with Crippen LogP contribution >= 0.6 is 0 Å². The van der Waals surface area contributed by atoms with Crippen LogP contribution in [0.15, 0.2) is 67.0 Å². The number of carbonyl (C=O) groups is 1. The normalized spacial score (nSPS) is 17.6. The summed E-state index contributed by atoms with van der Waals surface area (Å²) in [6, 6.07) is 18.3. The van der Waals surface area contributed by atoms with Gasteiger partial charge in [-0.25, -0.2) is 4.98 Å². The first-order chi connectivity index (χ1) is 13.6. The molecular weight excluding hydrogens is 348 g/mol. The molecule has 0 unspecified atom stereocenters. The molecule has 1 atom stereocenters. The molecule has 0 saturated carbocycles. The van der Waals surface area contributed by atoms with E-state index in [1.165, 1.54) is 5.56 Å². The van der Waals surface area contributed by atoms with E-state index in [1.807, 2.05) is 60.5 Å². The molecule has 0 aliphatic carbocycles. The fourth-order valence-corrected chi connectivity index (χ4v) is 3.90. The van der Waals surface area contributed by atoms with E-state index < -0.39 is 0 Å². The standard InChI is InChI=1S/C23H26N4O/c1-18-24-12-13-26(18)16-20-10-6-7-11-21(20)23(28)27-15-14-25(2)17-22(27)19-8-4-3-5-9-19/h3-13,22H,14-17H2,1-2H3/t22-/m0/s1. The zero-order chi connectivity index (χ0) is 19.5. The molecule has 4 rings (SSSR count). The Kier molecular flexibility index (Phi) is 5.26. The van der Waals surface area contributed by atoms with Crippen molar-refractivity contribution in [2.45, 2.75) is 19.5 Å². The first-order valence-electron chi connectivity index (χ1n) is 9.73. The van der Waals surface area contributed by atoms with Crippen molar-refractivity contribution in [3.05, 3.63) is 89.5 Å². The highest BCUT2D eigenvalue weighted by molar-refractivity contribution is 5.96. The van der Waals surface area contributed by atoms with E-state index in [1.54, 1.807) is 6.20 Å². The molecule has 3 aromatic rings. The van der Waals surface area contributed by atoms with Gasteiger partial charge < -0.3 is 14.4 Å². The van der Waals surface area contributed by atoms with Gasteiger partial charge in [-0.1, -0.05) is 48.5 Å². The molecule has 1 aliphatic rings. The maximum Gasteiger partial charge on any atom is 0.254 e. The van der Waals surface area contributed by atoms with Crippen LogP contribution in [0.25, 0.3) is 0 Å². The van der Waals surface area contributed by atoms with E-state index in [-0.39, 0.29) is 11.9 Å². The van der Waals surface area contributed by atoms with Crippen LogP contribution in [0.4, 0.5) is 0 Å². The molecule has 1 saturated heterocycles. The van der Waals surface area contributed by atoms with E-state index in [9.17, 15) is 4.79 Å². The van der Waals surface area contributed by atoms with Crippen LogP contribution in [0.2, 0.25) is 0 Å². The van der Waals surface area contributed by atoms with Gasteiger partial charge in [0.05, 0.1) is 6.04 Å². The van der Waals surface area contributed by atoms with Gasteiger partial charge in [-0.2, -0.15) is 0 Å². The minimum absolute atomic E-state index is 0.0653. The van der Waals surface area contributed by atoms with Crippen LogP contribution in [0, 0.1) is 6.92 Å². The molecule has 1 aromatic heterocycles. The van der Waals surface area contributed by atoms with Gasteiger partial charge in [0.15, 0.2) is 0 Å². The molecule has 0 N–H and O–H groups in total. The summed E-state index contributed by atoms with van der Waals surface area (Å²) in [4.78, 5) is 22.2. The predicted octanol–water partition coefficient (Wildman–Crippen LogP) is 3.37. The highest BCUT2D eigenvalue weighted by Gasteiger charge is 2.31. The second-order valence-electron chi connectivity index (χ2n) is 7.45. The highest BCUT2D eigenvalue weighted by atomic mass is 16.2. The van der Waals surface area contributed by atoms with Crippen molar-refractivity contribution in [3.8, 4) is 0 Å². The molecule has 5 nitrogen and oxygen atoms in total. The Hall–Kier alpha value is -2.92. The van der Waals surface area contributed by atoms with Crippen molar-refractivity contribution in [3.63, 3.8) is 0 Å². The lowest BCUT2D eigenvalue weighted by molar-refractivity contribution is 0.0497. The molecule has 28 heavy (non-hydrogen) atoms. The number of nitrogens with zero attached hydrogens (tertiary/aromatic N) is 4. The summed E-state index contributed by atoms with van der Waals surface area (Å²) in [5, 5.41) is 0. The van der Waals surface area contributed by atoms with Gasteiger partial charge in [0.25, 0.3) is 5.91 Å². The van der Waals surface area contributed by atoms with Gasteiger partial charge >= 0.3 is 0 Å². The summed E-state index contributed by atoms with van der Waals surface area (Å²) >= 11 is 0. The van der Waals surface area contributed by atoms with Crippen LogP contribution in [0.5, 0.6) is 0 Å². The van der Waals surface area contributed by atoms with Crippen molar-refractivity contribution < 1.29 is 4.79 Å². The van der Waals surface area contributed by atoms with Crippen LogP contribution in [-0.4, -0.2) is 51.9 Å². The molecule has 2 aromatic carbocycles. The number of likely N-dealkylation sites (N-methyl/N-ethyl adjacent to an activating group) is 1. The topological polar surface area (TPSA) is 41.4 Å². The third kappa shape index (κ3) is 3.71. The zero-order valence-electron chi connectivity index (χ0n) is 16.5. The largest absolute Gasteiger partial charge is 0.331 e. The Morgan fingerprint density at radius 1 is 1.07 bits per heavy atom. The Labute approximate surface area is 166 Å². The fourth-order valence-electron chi connectivity index (χ4n) is 3.90. The molecule has 144 valence electrons. The molecule has 2 heterocycles. The summed E-state index contributed by atoms with van der Waals surface area (Å²) < 4.78 is 2.07. The van der Waals surface area contributed by atoms with Crippen LogP contribution in [0.3, 0.4) is 0 Å². The molecule has 1 fully saturated rings. The predicted molar refractivity (Wildman–Crippen MR) is 110 cm³/mol.